The smallest absolute Gasteiger partial charge is 0.185 e. The molecule has 0 radical (unpaired) electrons. The van der Waals surface area contributed by atoms with Crippen molar-refractivity contribution in [2.45, 2.75) is 23.0 Å². The van der Waals surface area contributed by atoms with Gasteiger partial charge in [-0.05, 0) is 30.5 Å². The number of aryl methyl sites for hydroxylation is 1. The first-order valence-corrected chi connectivity index (χ1v) is 7.20. The Labute approximate surface area is 101 Å². The van der Waals surface area contributed by atoms with Crippen molar-refractivity contribution in [1.29, 1.82) is 0 Å². The van der Waals surface area contributed by atoms with Gasteiger partial charge in [0.15, 0.2) is 9.84 Å². The highest BCUT2D eigenvalue weighted by Crippen LogP contribution is 2.21. The molecule has 0 amide bonds. The monoisotopic (exact) mass is 256 g/mol. The van der Waals surface area contributed by atoms with Crippen molar-refractivity contribution in [2.24, 2.45) is 0 Å². The lowest BCUT2D eigenvalue weighted by Gasteiger charge is -2.25. The predicted octanol–water partition coefficient (Wildman–Crippen LogP) is 0.784. The molecule has 17 heavy (non-hydrogen) atoms. The summed E-state index contributed by atoms with van der Waals surface area (Å²) < 4.78 is 29.0. The van der Waals surface area contributed by atoms with Crippen LogP contribution in [-0.2, 0) is 21.0 Å². The van der Waals surface area contributed by atoms with Crippen LogP contribution in [0.1, 0.15) is 12.0 Å². The molecule has 1 saturated heterocycles. The SMILES string of the molecule is O=S(=O)(c1ccc(CCCO)cc1)C1COC1. The van der Waals surface area contributed by atoms with Gasteiger partial charge >= 0.3 is 0 Å². The van der Waals surface area contributed by atoms with Crippen molar-refractivity contribution >= 4 is 9.84 Å². The molecule has 0 aromatic heterocycles. The first kappa shape index (κ1) is 12.5. The average Bonchev–Trinajstić information content (AvgIpc) is 2.24. The molecule has 0 spiro atoms. The van der Waals surface area contributed by atoms with Crippen LogP contribution in [0.3, 0.4) is 0 Å². The molecule has 1 fully saturated rings. The number of hydrogen-bond acceptors (Lipinski definition) is 4. The number of ether oxygens (including phenoxy) is 1. The van der Waals surface area contributed by atoms with Gasteiger partial charge in [-0.25, -0.2) is 8.42 Å². The van der Waals surface area contributed by atoms with Gasteiger partial charge in [-0.15, -0.1) is 0 Å². The summed E-state index contributed by atoms with van der Waals surface area (Å²) >= 11 is 0. The number of sulfone groups is 1. The molecule has 0 bridgehead atoms. The molecule has 1 heterocycles. The number of hydrogen-bond donors (Lipinski definition) is 1. The Balaban J connectivity index is 2.11. The van der Waals surface area contributed by atoms with Gasteiger partial charge in [-0.3, -0.25) is 0 Å². The third-order valence-electron chi connectivity index (χ3n) is 2.92. The molecule has 1 N–H and O–H groups in total. The van der Waals surface area contributed by atoms with Gasteiger partial charge in [-0.2, -0.15) is 0 Å². The molecule has 0 unspecified atom stereocenters. The van der Waals surface area contributed by atoms with E-state index in [4.69, 9.17) is 9.84 Å². The molecule has 0 aliphatic carbocycles. The van der Waals surface area contributed by atoms with Crippen LogP contribution < -0.4 is 0 Å². The summed E-state index contributed by atoms with van der Waals surface area (Å²) in [5, 5.41) is 8.33. The minimum Gasteiger partial charge on any atom is -0.396 e. The Kier molecular flexibility index (Phi) is 3.81. The van der Waals surface area contributed by atoms with Gasteiger partial charge < -0.3 is 9.84 Å². The standard InChI is InChI=1S/C12H16O4S/c13-7-1-2-10-3-5-11(6-4-10)17(14,15)12-8-16-9-12/h3-6,12-13H,1-2,7-9H2. The van der Waals surface area contributed by atoms with E-state index in [-0.39, 0.29) is 11.9 Å². The van der Waals surface area contributed by atoms with Gasteiger partial charge in [0.2, 0.25) is 0 Å². The highest BCUT2D eigenvalue weighted by molar-refractivity contribution is 7.92. The summed E-state index contributed by atoms with van der Waals surface area (Å²) in [6, 6.07) is 6.89. The lowest BCUT2D eigenvalue weighted by Crippen LogP contribution is -2.40. The fourth-order valence-corrected chi connectivity index (χ4v) is 3.17. The molecule has 2 rings (SSSR count). The highest BCUT2D eigenvalue weighted by Gasteiger charge is 2.33. The average molecular weight is 256 g/mol. The summed E-state index contributed by atoms with van der Waals surface area (Å²) in [5.41, 5.74) is 1.04. The number of aliphatic hydroxyl groups is 1. The normalized spacial score (nSPS) is 16.8. The van der Waals surface area contributed by atoms with E-state index in [9.17, 15) is 8.42 Å². The van der Waals surface area contributed by atoms with E-state index in [2.05, 4.69) is 0 Å². The van der Waals surface area contributed by atoms with Gasteiger partial charge in [-0.1, -0.05) is 12.1 Å². The zero-order chi connectivity index (χ0) is 12.3. The third-order valence-corrected chi connectivity index (χ3v) is 5.00. The zero-order valence-electron chi connectivity index (χ0n) is 9.50. The molecule has 0 atom stereocenters. The van der Waals surface area contributed by atoms with Crippen molar-refractivity contribution in [3.63, 3.8) is 0 Å². The number of benzene rings is 1. The van der Waals surface area contributed by atoms with E-state index in [1.165, 1.54) is 0 Å². The molecule has 0 saturated carbocycles. The fraction of sp³-hybridized carbons (Fsp3) is 0.500. The maximum absolute atomic E-state index is 12.0. The topological polar surface area (TPSA) is 63.6 Å². The summed E-state index contributed by atoms with van der Waals surface area (Å²) in [5.74, 6) is 0. The second-order valence-electron chi connectivity index (χ2n) is 4.18. The summed E-state index contributed by atoms with van der Waals surface area (Å²) in [4.78, 5) is 0.360. The summed E-state index contributed by atoms with van der Waals surface area (Å²) in [6.45, 7) is 0.753. The predicted molar refractivity (Wildman–Crippen MR) is 63.6 cm³/mol. The van der Waals surface area contributed by atoms with Crippen molar-refractivity contribution in [3.05, 3.63) is 29.8 Å². The molecular formula is C12H16O4S. The van der Waals surface area contributed by atoms with E-state index in [0.29, 0.717) is 24.5 Å². The van der Waals surface area contributed by atoms with Crippen molar-refractivity contribution in [2.75, 3.05) is 19.8 Å². The van der Waals surface area contributed by atoms with Crippen LogP contribution in [0.15, 0.2) is 29.2 Å². The van der Waals surface area contributed by atoms with E-state index >= 15 is 0 Å². The molecule has 4 nitrogen and oxygen atoms in total. The molecule has 5 heteroatoms. The largest absolute Gasteiger partial charge is 0.396 e. The molecular weight excluding hydrogens is 240 g/mol. The first-order valence-electron chi connectivity index (χ1n) is 5.66. The Hall–Kier alpha value is -0.910. The molecule has 1 aliphatic rings. The minimum absolute atomic E-state index is 0.152. The van der Waals surface area contributed by atoms with Crippen LogP contribution in [0, 0.1) is 0 Å². The second-order valence-corrected chi connectivity index (χ2v) is 6.40. The molecule has 1 aromatic rings. The molecule has 1 aliphatic heterocycles. The van der Waals surface area contributed by atoms with E-state index in [0.717, 1.165) is 12.0 Å². The van der Waals surface area contributed by atoms with E-state index < -0.39 is 9.84 Å². The van der Waals surface area contributed by atoms with Crippen LogP contribution in [0.4, 0.5) is 0 Å². The van der Waals surface area contributed by atoms with Crippen molar-refractivity contribution in [1.82, 2.24) is 0 Å². The Bertz CT molecular complexity index is 460. The Morgan fingerprint density at radius 3 is 2.35 bits per heavy atom. The molecule has 94 valence electrons. The van der Waals surface area contributed by atoms with E-state index in [1.54, 1.807) is 12.1 Å². The van der Waals surface area contributed by atoms with Crippen LogP contribution in [-0.4, -0.2) is 38.6 Å². The number of aliphatic hydroxyl groups excluding tert-OH is 1. The minimum atomic E-state index is -3.21. The maximum Gasteiger partial charge on any atom is 0.185 e. The van der Waals surface area contributed by atoms with Crippen LogP contribution in [0.2, 0.25) is 0 Å². The van der Waals surface area contributed by atoms with E-state index in [1.807, 2.05) is 12.1 Å². The fourth-order valence-electron chi connectivity index (χ4n) is 1.71. The van der Waals surface area contributed by atoms with Crippen molar-refractivity contribution in [3.8, 4) is 0 Å². The zero-order valence-corrected chi connectivity index (χ0v) is 10.3. The highest BCUT2D eigenvalue weighted by atomic mass is 32.2. The van der Waals surface area contributed by atoms with Gasteiger partial charge in [0.1, 0.15) is 5.25 Å². The second kappa shape index (κ2) is 5.16. The van der Waals surface area contributed by atoms with Crippen LogP contribution in [0.5, 0.6) is 0 Å². The molecule has 1 aromatic carbocycles. The Morgan fingerprint density at radius 2 is 1.88 bits per heavy atom. The third kappa shape index (κ3) is 2.68. The Morgan fingerprint density at radius 1 is 1.24 bits per heavy atom. The lowest BCUT2D eigenvalue weighted by atomic mass is 10.1. The maximum atomic E-state index is 12.0. The summed E-state index contributed by atoms with van der Waals surface area (Å²) in [7, 11) is -3.21. The quantitative estimate of drug-likeness (QED) is 0.845. The van der Waals surface area contributed by atoms with Gasteiger partial charge in [0.05, 0.1) is 18.1 Å². The number of rotatable bonds is 5. The lowest BCUT2D eigenvalue weighted by molar-refractivity contribution is 0.0416. The van der Waals surface area contributed by atoms with Crippen LogP contribution >= 0.6 is 0 Å². The van der Waals surface area contributed by atoms with Crippen molar-refractivity contribution < 1.29 is 18.3 Å². The van der Waals surface area contributed by atoms with Gasteiger partial charge in [0.25, 0.3) is 0 Å². The van der Waals surface area contributed by atoms with Gasteiger partial charge in [0, 0.05) is 6.61 Å². The first-order chi connectivity index (χ1) is 8.14. The summed E-state index contributed by atoms with van der Waals surface area (Å²) in [6.07, 6.45) is 1.46. The van der Waals surface area contributed by atoms with Crippen LogP contribution in [0.25, 0.3) is 0 Å².